The van der Waals surface area contributed by atoms with E-state index in [2.05, 4.69) is 15.1 Å². The Hall–Kier alpha value is -2.27. The molecule has 0 aromatic carbocycles. The molecule has 0 aliphatic heterocycles. The van der Waals surface area contributed by atoms with Gasteiger partial charge in [0.05, 0.1) is 12.3 Å². The fourth-order valence-electron chi connectivity index (χ4n) is 1.03. The number of hydrogen-bond acceptors (Lipinski definition) is 4. The highest BCUT2D eigenvalue weighted by molar-refractivity contribution is 5.92. The zero-order valence-electron chi connectivity index (χ0n) is 8.99. The molecule has 0 radical (unpaired) electrons. The third-order valence-corrected chi connectivity index (χ3v) is 1.66. The van der Waals surface area contributed by atoms with Gasteiger partial charge in [-0.15, -0.1) is 0 Å². The summed E-state index contributed by atoms with van der Waals surface area (Å²) in [4.78, 5) is 13.9. The second-order valence-corrected chi connectivity index (χ2v) is 2.85. The maximum atomic E-state index is 11.4. The van der Waals surface area contributed by atoms with Gasteiger partial charge >= 0.3 is 5.97 Å². The van der Waals surface area contributed by atoms with Crippen molar-refractivity contribution in [3.63, 3.8) is 0 Å². The molecule has 0 saturated heterocycles. The molecule has 0 N–H and O–H groups in total. The van der Waals surface area contributed by atoms with Crippen LogP contribution in [0.2, 0.25) is 0 Å². The third-order valence-electron chi connectivity index (χ3n) is 1.66. The van der Waals surface area contributed by atoms with Gasteiger partial charge in [0.25, 0.3) is 0 Å². The molecule has 0 fully saturated rings. The van der Waals surface area contributed by atoms with E-state index in [1.54, 1.807) is 30.9 Å². The van der Waals surface area contributed by atoms with Crippen LogP contribution < -0.4 is 0 Å². The van der Waals surface area contributed by atoms with Crippen LogP contribution in [0.1, 0.15) is 12.6 Å². The van der Waals surface area contributed by atoms with Gasteiger partial charge < -0.3 is 4.74 Å². The van der Waals surface area contributed by atoms with Crippen LogP contribution in [0.4, 0.5) is 0 Å². The highest BCUT2D eigenvalue weighted by atomic mass is 16.5. The largest absolute Gasteiger partial charge is 0.462 e. The van der Waals surface area contributed by atoms with Crippen LogP contribution >= 0.6 is 0 Å². The van der Waals surface area contributed by atoms with E-state index in [4.69, 9.17) is 10.3 Å². The van der Waals surface area contributed by atoms with Crippen LogP contribution in [0.25, 0.3) is 16.5 Å². The van der Waals surface area contributed by atoms with Crippen molar-refractivity contribution in [1.82, 2.24) is 9.78 Å². The summed E-state index contributed by atoms with van der Waals surface area (Å²) in [6, 6.07) is 1.69. The number of aryl methyl sites for hydroxylation is 1. The number of rotatable bonds is 4. The lowest BCUT2D eigenvalue weighted by Crippen LogP contribution is -2.05. The first-order valence-corrected chi connectivity index (χ1v) is 4.61. The molecule has 0 spiro atoms. The second-order valence-electron chi connectivity index (χ2n) is 2.85. The fourth-order valence-corrected chi connectivity index (χ4v) is 1.03. The van der Waals surface area contributed by atoms with E-state index in [0.29, 0.717) is 5.69 Å². The molecule has 7 nitrogen and oxygen atoms in total. The SMILES string of the molecule is CCOC(=O)/C(=C\c1ccn(C)n1)N=[N+]=[N-]. The number of azide groups is 1. The average molecular weight is 221 g/mol. The first-order valence-electron chi connectivity index (χ1n) is 4.61. The van der Waals surface area contributed by atoms with E-state index in [0.717, 1.165) is 0 Å². The Kier molecular flexibility index (Phi) is 4.11. The van der Waals surface area contributed by atoms with Gasteiger partial charge in [-0.2, -0.15) is 5.10 Å². The summed E-state index contributed by atoms with van der Waals surface area (Å²) in [7, 11) is 1.74. The summed E-state index contributed by atoms with van der Waals surface area (Å²) in [5.41, 5.74) is 8.74. The first-order chi connectivity index (χ1) is 7.67. The van der Waals surface area contributed by atoms with E-state index in [-0.39, 0.29) is 12.3 Å². The summed E-state index contributed by atoms with van der Waals surface area (Å²) in [6.45, 7) is 1.89. The summed E-state index contributed by atoms with van der Waals surface area (Å²) < 4.78 is 6.30. The lowest BCUT2D eigenvalue weighted by molar-refractivity contribution is -0.138. The minimum Gasteiger partial charge on any atom is -0.462 e. The molecule has 16 heavy (non-hydrogen) atoms. The number of ether oxygens (including phenoxy) is 1. The molecule has 1 aromatic heterocycles. The molecule has 0 bridgehead atoms. The quantitative estimate of drug-likeness (QED) is 0.254. The Bertz CT molecular complexity index is 456. The van der Waals surface area contributed by atoms with Crippen molar-refractivity contribution in [2.24, 2.45) is 12.2 Å². The Morgan fingerprint density at radius 3 is 3.06 bits per heavy atom. The summed E-state index contributed by atoms with van der Waals surface area (Å²) in [5, 5.41) is 7.29. The van der Waals surface area contributed by atoms with Crippen LogP contribution in [0, 0.1) is 0 Å². The summed E-state index contributed by atoms with van der Waals surface area (Å²) >= 11 is 0. The van der Waals surface area contributed by atoms with Gasteiger partial charge in [-0.3, -0.25) is 4.68 Å². The molecular weight excluding hydrogens is 210 g/mol. The zero-order chi connectivity index (χ0) is 12.0. The number of carbonyl (C=O) groups is 1. The Morgan fingerprint density at radius 1 is 1.81 bits per heavy atom. The van der Waals surface area contributed by atoms with Gasteiger partial charge in [0.15, 0.2) is 0 Å². The van der Waals surface area contributed by atoms with Crippen molar-refractivity contribution in [2.45, 2.75) is 6.92 Å². The molecule has 1 rings (SSSR count). The Morgan fingerprint density at radius 2 is 2.56 bits per heavy atom. The van der Waals surface area contributed by atoms with Crippen molar-refractivity contribution in [3.8, 4) is 0 Å². The molecule has 7 heteroatoms. The maximum absolute atomic E-state index is 11.4. The van der Waals surface area contributed by atoms with Crippen molar-refractivity contribution in [3.05, 3.63) is 34.1 Å². The Labute approximate surface area is 91.9 Å². The third kappa shape index (κ3) is 3.14. The van der Waals surface area contributed by atoms with Crippen molar-refractivity contribution >= 4 is 12.0 Å². The van der Waals surface area contributed by atoms with Crippen LogP contribution in [0.5, 0.6) is 0 Å². The number of esters is 1. The minimum atomic E-state index is -0.661. The summed E-state index contributed by atoms with van der Waals surface area (Å²) in [6.07, 6.45) is 3.09. The van der Waals surface area contributed by atoms with E-state index in [1.807, 2.05) is 0 Å². The lowest BCUT2D eigenvalue weighted by Gasteiger charge is -1.99. The van der Waals surface area contributed by atoms with Crippen LogP contribution in [-0.2, 0) is 16.6 Å². The highest BCUT2D eigenvalue weighted by Crippen LogP contribution is 2.07. The number of aromatic nitrogens is 2. The molecule has 1 aromatic rings. The van der Waals surface area contributed by atoms with Crippen LogP contribution in [-0.4, -0.2) is 22.4 Å². The van der Waals surface area contributed by atoms with Crippen LogP contribution in [0.15, 0.2) is 23.1 Å². The van der Waals surface area contributed by atoms with Crippen molar-refractivity contribution in [1.29, 1.82) is 0 Å². The molecule has 0 saturated carbocycles. The molecule has 84 valence electrons. The predicted octanol–water partition coefficient (Wildman–Crippen LogP) is 1.63. The topological polar surface area (TPSA) is 92.9 Å². The molecule has 0 amide bonds. The molecule has 0 aliphatic carbocycles. The fraction of sp³-hybridized carbons (Fsp3) is 0.333. The summed E-state index contributed by atoms with van der Waals surface area (Å²) in [5.74, 6) is -0.661. The van der Waals surface area contributed by atoms with Gasteiger partial charge in [0, 0.05) is 18.2 Å². The highest BCUT2D eigenvalue weighted by Gasteiger charge is 2.09. The van der Waals surface area contributed by atoms with Gasteiger partial charge in [-0.1, -0.05) is 5.11 Å². The monoisotopic (exact) mass is 221 g/mol. The predicted molar refractivity (Wildman–Crippen MR) is 57.0 cm³/mol. The minimum absolute atomic E-state index is 0.108. The molecule has 0 unspecified atom stereocenters. The van der Waals surface area contributed by atoms with Gasteiger partial charge in [0.2, 0.25) is 0 Å². The molecule has 0 aliphatic rings. The smallest absolute Gasteiger partial charge is 0.340 e. The average Bonchev–Trinajstić information content (AvgIpc) is 2.64. The van der Waals surface area contributed by atoms with Gasteiger partial charge in [-0.05, 0) is 24.6 Å². The lowest BCUT2D eigenvalue weighted by atomic mass is 10.3. The first kappa shape index (κ1) is 11.8. The normalized spacial score (nSPS) is 10.8. The van der Waals surface area contributed by atoms with Crippen molar-refractivity contribution < 1.29 is 9.53 Å². The molecular formula is C9H11N5O2. The van der Waals surface area contributed by atoms with E-state index in [9.17, 15) is 4.79 Å². The van der Waals surface area contributed by atoms with Crippen molar-refractivity contribution in [2.75, 3.05) is 6.61 Å². The van der Waals surface area contributed by atoms with Gasteiger partial charge in [-0.25, -0.2) is 4.79 Å². The number of nitrogens with zero attached hydrogens (tertiary/aromatic N) is 5. The van der Waals surface area contributed by atoms with E-state index >= 15 is 0 Å². The standard InChI is InChI=1S/C9H11N5O2/c1-3-16-9(15)8(11-13-10)6-7-4-5-14(2)12-7/h4-6H,3H2,1-2H3/b8-6+. The van der Waals surface area contributed by atoms with Gasteiger partial charge in [0.1, 0.15) is 5.70 Å². The molecule has 1 heterocycles. The second kappa shape index (κ2) is 5.57. The zero-order valence-corrected chi connectivity index (χ0v) is 8.99. The van der Waals surface area contributed by atoms with Crippen LogP contribution in [0.3, 0.4) is 0 Å². The molecule has 0 atom stereocenters. The maximum Gasteiger partial charge on any atom is 0.340 e. The van der Waals surface area contributed by atoms with E-state index < -0.39 is 5.97 Å². The number of hydrogen-bond donors (Lipinski definition) is 0. The number of carbonyl (C=O) groups excluding carboxylic acids is 1. The Balaban J connectivity index is 2.97. The van der Waals surface area contributed by atoms with E-state index in [1.165, 1.54) is 6.08 Å².